The largest absolute Gasteiger partial charge is 0.358 e. The molecule has 0 amide bonds. The molecular formula is C11H16N4. The minimum Gasteiger partial charge on any atom is -0.358 e. The highest BCUT2D eigenvalue weighted by Crippen LogP contribution is 2.09. The molecule has 1 heterocycles. The molecule has 4 heteroatoms. The molecular weight excluding hydrogens is 188 g/mol. The lowest BCUT2D eigenvalue weighted by Crippen LogP contribution is -2.21. The van der Waals surface area contributed by atoms with Gasteiger partial charge in [-0.05, 0) is 12.3 Å². The zero-order valence-corrected chi connectivity index (χ0v) is 9.44. The molecule has 0 unspecified atom stereocenters. The normalized spacial score (nSPS) is 10.1. The second-order valence-electron chi connectivity index (χ2n) is 3.98. The molecule has 0 aromatic carbocycles. The van der Waals surface area contributed by atoms with Gasteiger partial charge in [0.25, 0.3) is 0 Å². The maximum absolute atomic E-state index is 8.58. The minimum absolute atomic E-state index is 0.357. The number of nitriles is 1. The van der Waals surface area contributed by atoms with Gasteiger partial charge in [0.1, 0.15) is 11.9 Å². The molecule has 0 N–H and O–H groups in total. The topological polar surface area (TPSA) is 52.8 Å². The standard InChI is InChI=1S/C11H16N4/c1-9(2)4-5-15(3)11-8-13-10(6-12)7-14-11/h7-9H,4-5H2,1-3H3. The van der Waals surface area contributed by atoms with Gasteiger partial charge in [0.05, 0.1) is 12.4 Å². The van der Waals surface area contributed by atoms with Gasteiger partial charge in [-0.15, -0.1) is 0 Å². The summed E-state index contributed by atoms with van der Waals surface area (Å²) in [7, 11) is 1.98. The molecule has 1 aromatic heterocycles. The van der Waals surface area contributed by atoms with Gasteiger partial charge in [-0.2, -0.15) is 5.26 Å². The molecule has 0 aliphatic carbocycles. The third kappa shape index (κ3) is 3.55. The number of aromatic nitrogens is 2. The first-order chi connectivity index (χ1) is 7.13. The summed E-state index contributed by atoms with van der Waals surface area (Å²) in [6.45, 7) is 5.34. The molecule has 80 valence electrons. The molecule has 4 nitrogen and oxygen atoms in total. The van der Waals surface area contributed by atoms with Crippen molar-refractivity contribution in [1.29, 1.82) is 5.26 Å². The summed E-state index contributed by atoms with van der Waals surface area (Å²) in [5.41, 5.74) is 0.357. The monoisotopic (exact) mass is 204 g/mol. The van der Waals surface area contributed by atoms with Crippen molar-refractivity contribution in [3.8, 4) is 6.07 Å². The fourth-order valence-electron chi connectivity index (χ4n) is 1.14. The number of hydrogen-bond donors (Lipinski definition) is 0. The minimum atomic E-state index is 0.357. The van der Waals surface area contributed by atoms with Crippen molar-refractivity contribution in [3.05, 3.63) is 18.1 Å². The molecule has 1 rings (SSSR count). The molecule has 0 aliphatic rings. The van der Waals surface area contributed by atoms with Crippen LogP contribution >= 0.6 is 0 Å². The lowest BCUT2D eigenvalue weighted by atomic mass is 10.1. The van der Waals surface area contributed by atoms with Crippen LogP contribution in [0.15, 0.2) is 12.4 Å². The Bertz CT molecular complexity index is 337. The third-order valence-corrected chi connectivity index (χ3v) is 2.19. The zero-order valence-electron chi connectivity index (χ0n) is 9.44. The van der Waals surface area contributed by atoms with Gasteiger partial charge in [-0.3, -0.25) is 0 Å². The number of anilines is 1. The predicted molar refractivity (Wildman–Crippen MR) is 59.5 cm³/mol. The van der Waals surface area contributed by atoms with E-state index >= 15 is 0 Å². The second-order valence-corrected chi connectivity index (χ2v) is 3.98. The van der Waals surface area contributed by atoms with Crippen LogP contribution in [0.3, 0.4) is 0 Å². The van der Waals surface area contributed by atoms with Gasteiger partial charge < -0.3 is 4.90 Å². The smallest absolute Gasteiger partial charge is 0.158 e. The molecule has 15 heavy (non-hydrogen) atoms. The van der Waals surface area contributed by atoms with Crippen LogP contribution in [0.1, 0.15) is 26.0 Å². The molecule has 0 atom stereocenters. The summed E-state index contributed by atoms with van der Waals surface area (Å²) in [6.07, 6.45) is 4.26. The molecule has 0 saturated heterocycles. The zero-order chi connectivity index (χ0) is 11.3. The number of nitrogens with zero attached hydrogens (tertiary/aromatic N) is 4. The van der Waals surface area contributed by atoms with Gasteiger partial charge in [0, 0.05) is 13.6 Å². The summed E-state index contributed by atoms with van der Waals surface area (Å²) >= 11 is 0. The van der Waals surface area contributed by atoms with Gasteiger partial charge in [-0.1, -0.05) is 13.8 Å². The number of rotatable bonds is 4. The number of hydrogen-bond acceptors (Lipinski definition) is 4. The Balaban J connectivity index is 2.58. The summed E-state index contributed by atoms with van der Waals surface area (Å²) in [6, 6.07) is 1.95. The maximum atomic E-state index is 8.58. The van der Waals surface area contributed by atoms with Gasteiger partial charge >= 0.3 is 0 Å². The third-order valence-electron chi connectivity index (χ3n) is 2.19. The van der Waals surface area contributed by atoms with Crippen LogP contribution in [0.4, 0.5) is 5.82 Å². The molecule has 0 saturated carbocycles. The van der Waals surface area contributed by atoms with Crippen molar-refractivity contribution in [2.45, 2.75) is 20.3 Å². The van der Waals surface area contributed by atoms with Crippen LogP contribution in [0.5, 0.6) is 0 Å². The quantitative estimate of drug-likeness (QED) is 0.750. The average molecular weight is 204 g/mol. The Morgan fingerprint density at radius 2 is 2.13 bits per heavy atom. The summed E-state index contributed by atoms with van der Waals surface area (Å²) in [5.74, 6) is 1.49. The van der Waals surface area contributed by atoms with Crippen LogP contribution < -0.4 is 4.90 Å². The van der Waals surface area contributed by atoms with Gasteiger partial charge in [0.2, 0.25) is 0 Å². The first-order valence-corrected chi connectivity index (χ1v) is 5.06. The van der Waals surface area contributed by atoms with Crippen molar-refractivity contribution in [1.82, 2.24) is 9.97 Å². The lowest BCUT2D eigenvalue weighted by molar-refractivity contribution is 0.583. The predicted octanol–water partition coefficient (Wildman–Crippen LogP) is 1.83. The molecule has 0 radical (unpaired) electrons. The highest BCUT2D eigenvalue weighted by atomic mass is 15.2. The molecule has 0 fully saturated rings. The highest BCUT2D eigenvalue weighted by molar-refractivity contribution is 5.35. The van der Waals surface area contributed by atoms with Crippen LogP contribution in [0.25, 0.3) is 0 Å². The van der Waals surface area contributed by atoms with Crippen LogP contribution in [0.2, 0.25) is 0 Å². The first kappa shape index (κ1) is 11.4. The van der Waals surface area contributed by atoms with Crippen molar-refractivity contribution in [3.63, 3.8) is 0 Å². The van der Waals surface area contributed by atoms with Crippen molar-refractivity contribution >= 4 is 5.82 Å². The van der Waals surface area contributed by atoms with Crippen LogP contribution in [-0.4, -0.2) is 23.6 Å². The van der Waals surface area contributed by atoms with Crippen LogP contribution in [-0.2, 0) is 0 Å². The average Bonchev–Trinajstić information content (AvgIpc) is 2.26. The lowest BCUT2D eigenvalue weighted by Gasteiger charge is -2.18. The molecule has 0 spiro atoms. The van der Waals surface area contributed by atoms with E-state index in [1.54, 1.807) is 6.20 Å². The van der Waals surface area contributed by atoms with Gasteiger partial charge in [0.15, 0.2) is 5.69 Å². The molecule has 1 aromatic rings. The Kier molecular flexibility index (Phi) is 4.04. The van der Waals surface area contributed by atoms with E-state index in [9.17, 15) is 0 Å². The fourth-order valence-corrected chi connectivity index (χ4v) is 1.14. The second kappa shape index (κ2) is 5.30. The van der Waals surface area contributed by atoms with Crippen LogP contribution in [0, 0.1) is 17.2 Å². The van der Waals surface area contributed by atoms with Crippen molar-refractivity contribution in [2.75, 3.05) is 18.5 Å². The van der Waals surface area contributed by atoms with Gasteiger partial charge in [-0.25, -0.2) is 9.97 Å². The van der Waals surface area contributed by atoms with E-state index in [1.165, 1.54) is 6.20 Å². The molecule has 0 bridgehead atoms. The Labute approximate surface area is 90.6 Å². The maximum Gasteiger partial charge on any atom is 0.158 e. The first-order valence-electron chi connectivity index (χ1n) is 5.06. The van der Waals surface area contributed by atoms with E-state index in [-0.39, 0.29) is 0 Å². The summed E-state index contributed by atoms with van der Waals surface area (Å²) in [5, 5.41) is 8.58. The van der Waals surface area contributed by atoms with Crippen molar-refractivity contribution < 1.29 is 0 Å². The fraction of sp³-hybridized carbons (Fsp3) is 0.545. The SMILES string of the molecule is CC(C)CCN(C)c1cnc(C#N)cn1. The van der Waals surface area contributed by atoms with Crippen molar-refractivity contribution in [2.24, 2.45) is 5.92 Å². The van der Waals surface area contributed by atoms with E-state index < -0.39 is 0 Å². The summed E-state index contributed by atoms with van der Waals surface area (Å²) < 4.78 is 0. The molecule has 0 aliphatic heterocycles. The highest BCUT2D eigenvalue weighted by Gasteiger charge is 2.04. The van der Waals surface area contributed by atoms with E-state index in [0.717, 1.165) is 18.8 Å². The van der Waals surface area contributed by atoms with E-state index in [4.69, 9.17) is 5.26 Å². The van der Waals surface area contributed by atoms with E-state index in [2.05, 4.69) is 23.8 Å². The summed E-state index contributed by atoms with van der Waals surface area (Å²) in [4.78, 5) is 10.2. The van der Waals surface area contributed by atoms with E-state index in [0.29, 0.717) is 11.6 Å². The Hall–Kier alpha value is -1.63. The Morgan fingerprint density at radius 3 is 2.60 bits per heavy atom. The Morgan fingerprint density at radius 1 is 1.40 bits per heavy atom. The van der Waals surface area contributed by atoms with E-state index in [1.807, 2.05) is 18.0 Å².